The lowest BCUT2D eigenvalue weighted by Gasteiger charge is -1.98. The molecule has 0 saturated heterocycles. The van der Waals surface area contributed by atoms with Crippen molar-refractivity contribution in [2.75, 3.05) is 13.6 Å². The second-order valence-corrected chi connectivity index (χ2v) is 2.35. The van der Waals surface area contributed by atoms with E-state index in [1.165, 1.54) is 12.3 Å². The van der Waals surface area contributed by atoms with Crippen molar-refractivity contribution in [3.8, 4) is 0 Å². The molecule has 0 spiro atoms. The Morgan fingerprint density at radius 3 is 3.00 bits per heavy atom. The summed E-state index contributed by atoms with van der Waals surface area (Å²) in [4.78, 5) is 14.7. The first-order chi connectivity index (χ1) is 5.74. The number of hydrogen-bond donors (Lipinski definition) is 1. The SMILES string of the molecule is CNCC(=O)c1cncc(F)c1. The highest BCUT2D eigenvalue weighted by atomic mass is 19.1. The molecule has 0 aliphatic carbocycles. The molecule has 0 unspecified atom stereocenters. The van der Waals surface area contributed by atoms with E-state index < -0.39 is 5.82 Å². The van der Waals surface area contributed by atoms with Crippen molar-refractivity contribution in [3.63, 3.8) is 0 Å². The van der Waals surface area contributed by atoms with Crippen molar-refractivity contribution in [2.24, 2.45) is 0 Å². The fourth-order valence-corrected chi connectivity index (χ4v) is 0.827. The third-order valence-electron chi connectivity index (χ3n) is 1.36. The van der Waals surface area contributed by atoms with E-state index in [-0.39, 0.29) is 12.3 Å². The van der Waals surface area contributed by atoms with Crippen molar-refractivity contribution in [2.45, 2.75) is 0 Å². The van der Waals surface area contributed by atoms with Gasteiger partial charge in [-0.2, -0.15) is 0 Å². The molecule has 0 aliphatic heterocycles. The predicted molar refractivity (Wildman–Crippen MR) is 42.5 cm³/mol. The number of halogens is 1. The van der Waals surface area contributed by atoms with Crippen LogP contribution in [0.2, 0.25) is 0 Å². The van der Waals surface area contributed by atoms with Gasteiger partial charge < -0.3 is 5.32 Å². The van der Waals surface area contributed by atoms with Crippen molar-refractivity contribution >= 4 is 5.78 Å². The Bertz CT molecular complexity index is 288. The Hall–Kier alpha value is -1.29. The molecule has 1 aromatic rings. The molecule has 1 rings (SSSR count). The minimum Gasteiger partial charge on any atom is -0.313 e. The van der Waals surface area contributed by atoms with Crippen LogP contribution >= 0.6 is 0 Å². The second-order valence-electron chi connectivity index (χ2n) is 2.35. The van der Waals surface area contributed by atoms with Gasteiger partial charge >= 0.3 is 0 Å². The minimum absolute atomic E-state index is 0.162. The maximum atomic E-state index is 12.5. The normalized spacial score (nSPS) is 9.83. The first-order valence-corrected chi connectivity index (χ1v) is 3.52. The van der Waals surface area contributed by atoms with E-state index in [1.807, 2.05) is 0 Å². The van der Waals surface area contributed by atoms with Gasteiger partial charge in [-0.3, -0.25) is 9.78 Å². The molecule has 0 aliphatic rings. The molecule has 0 radical (unpaired) electrons. The molecule has 0 amide bonds. The molecule has 0 bridgehead atoms. The summed E-state index contributed by atoms with van der Waals surface area (Å²) in [6.07, 6.45) is 2.42. The monoisotopic (exact) mass is 168 g/mol. The van der Waals surface area contributed by atoms with Crippen LogP contribution < -0.4 is 5.32 Å². The van der Waals surface area contributed by atoms with Crippen LogP contribution in [-0.4, -0.2) is 24.4 Å². The Morgan fingerprint density at radius 2 is 2.42 bits per heavy atom. The van der Waals surface area contributed by atoms with Crippen LogP contribution in [-0.2, 0) is 0 Å². The molecule has 12 heavy (non-hydrogen) atoms. The fourth-order valence-electron chi connectivity index (χ4n) is 0.827. The van der Waals surface area contributed by atoms with E-state index in [1.54, 1.807) is 7.05 Å². The number of Topliss-reactive ketones (excluding diaryl/α,β-unsaturated/α-hetero) is 1. The number of ketones is 1. The zero-order chi connectivity index (χ0) is 8.97. The Morgan fingerprint density at radius 1 is 1.67 bits per heavy atom. The number of carbonyl (C=O) groups excluding carboxylic acids is 1. The zero-order valence-corrected chi connectivity index (χ0v) is 6.67. The van der Waals surface area contributed by atoms with Gasteiger partial charge in [-0.05, 0) is 13.1 Å². The maximum Gasteiger partial charge on any atom is 0.178 e. The van der Waals surface area contributed by atoms with E-state index >= 15 is 0 Å². The maximum absolute atomic E-state index is 12.5. The number of pyridine rings is 1. The molecule has 0 aromatic carbocycles. The van der Waals surface area contributed by atoms with Gasteiger partial charge in [0, 0.05) is 11.8 Å². The number of nitrogens with zero attached hydrogens (tertiary/aromatic N) is 1. The Labute approximate surface area is 69.6 Å². The molecule has 4 heteroatoms. The standard InChI is InChI=1S/C8H9FN2O/c1-10-5-8(12)6-2-7(9)4-11-3-6/h2-4,10H,5H2,1H3. The van der Waals surface area contributed by atoms with Gasteiger partial charge in [0.25, 0.3) is 0 Å². The molecular weight excluding hydrogens is 159 g/mol. The number of aromatic nitrogens is 1. The largest absolute Gasteiger partial charge is 0.313 e. The van der Waals surface area contributed by atoms with Crippen LogP contribution in [0.25, 0.3) is 0 Å². The van der Waals surface area contributed by atoms with Crippen molar-refractivity contribution in [3.05, 3.63) is 29.8 Å². The van der Waals surface area contributed by atoms with Gasteiger partial charge in [0.2, 0.25) is 0 Å². The Balaban J connectivity index is 2.81. The van der Waals surface area contributed by atoms with Gasteiger partial charge in [0.1, 0.15) is 5.82 Å². The lowest BCUT2D eigenvalue weighted by Crippen LogP contribution is -2.18. The average Bonchev–Trinajstić information content (AvgIpc) is 2.05. The highest BCUT2D eigenvalue weighted by molar-refractivity contribution is 5.97. The number of likely N-dealkylation sites (N-methyl/N-ethyl adjacent to an activating group) is 1. The summed E-state index contributed by atoms with van der Waals surface area (Å²) in [5.74, 6) is -0.651. The topological polar surface area (TPSA) is 42.0 Å². The number of nitrogens with one attached hydrogen (secondary N) is 1. The molecule has 3 nitrogen and oxygen atoms in total. The first kappa shape index (κ1) is 8.80. The first-order valence-electron chi connectivity index (χ1n) is 3.52. The third kappa shape index (κ3) is 2.10. The van der Waals surface area contributed by atoms with Crippen LogP contribution in [0.15, 0.2) is 18.5 Å². The van der Waals surface area contributed by atoms with Crippen LogP contribution in [0.1, 0.15) is 10.4 Å². The van der Waals surface area contributed by atoms with Crippen molar-refractivity contribution in [1.82, 2.24) is 10.3 Å². The average molecular weight is 168 g/mol. The quantitative estimate of drug-likeness (QED) is 0.673. The van der Waals surface area contributed by atoms with Crippen LogP contribution in [0.3, 0.4) is 0 Å². The molecular formula is C8H9FN2O. The minimum atomic E-state index is -0.489. The van der Waals surface area contributed by atoms with E-state index in [4.69, 9.17) is 0 Å². The van der Waals surface area contributed by atoms with Crippen molar-refractivity contribution < 1.29 is 9.18 Å². The van der Waals surface area contributed by atoms with Gasteiger partial charge in [0.05, 0.1) is 12.7 Å². The van der Waals surface area contributed by atoms with Crippen LogP contribution in [0.5, 0.6) is 0 Å². The summed E-state index contributed by atoms with van der Waals surface area (Å²) in [5, 5.41) is 2.69. The molecule has 1 N–H and O–H groups in total. The van der Waals surface area contributed by atoms with Gasteiger partial charge in [0.15, 0.2) is 5.78 Å². The van der Waals surface area contributed by atoms with Crippen LogP contribution in [0, 0.1) is 5.82 Å². The summed E-state index contributed by atoms with van der Waals surface area (Å²) >= 11 is 0. The smallest absolute Gasteiger partial charge is 0.178 e. The van der Waals surface area contributed by atoms with E-state index in [2.05, 4.69) is 10.3 Å². The molecule has 1 heterocycles. The highest BCUT2D eigenvalue weighted by Crippen LogP contribution is 2.00. The zero-order valence-electron chi connectivity index (χ0n) is 6.67. The Kier molecular flexibility index (Phi) is 2.88. The number of carbonyl (C=O) groups is 1. The predicted octanol–water partition coefficient (Wildman–Crippen LogP) is 0.623. The van der Waals surface area contributed by atoms with E-state index in [0.29, 0.717) is 5.56 Å². The van der Waals surface area contributed by atoms with Gasteiger partial charge in [-0.1, -0.05) is 0 Å². The molecule has 1 aromatic heterocycles. The summed E-state index contributed by atoms with van der Waals surface area (Å²) in [6.45, 7) is 0.200. The number of rotatable bonds is 3. The second kappa shape index (κ2) is 3.92. The molecule has 0 atom stereocenters. The summed E-state index contributed by atoms with van der Waals surface area (Å²) in [6, 6.07) is 1.17. The van der Waals surface area contributed by atoms with Gasteiger partial charge in [-0.15, -0.1) is 0 Å². The lowest BCUT2D eigenvalue weighted by molar-refractivity contribution is 0.0993. The van der Waals surface area contributed by atoms with E-state index in [9.17, 15) is 9.18 Å². The molecule has 0 saturated carbocycles. The molecule has 0 fully saturated rings. The third-order valence-corrected chi connectivity index (χ3v) is 1.36. The molecule has 64 valence electrons. The van der Waals surface area contributed by atoms with Crippen LogP contribution in [0.4, 0.5) is 4.39 Å². The number of hydrogen-bond acceptors (Lipinski definition) is 3. The fraction of sp³-hybridized carbons (Fsp3) is 0.250. The lowest BCUT2D eigenvalue weighted by atomic mass is 10.2. The summed E-state index contributed by atoms with van der Waals surface area (Å²) in [5.41, 5.74) is 0.296. The van der Waals surface area contributed by atoms with Gasteiger partial charge in [-0.25, -0.2) is 4.39 Å². The summed E-state index contributed by atoms with van der Waals surface area (Å²) < 4.78 is 12.5. The van der Waals surface area contributed by atoms with E-state index in [0.717, 1.165) is 6.20 Å². The summed E-state index contributed by atoms with van der Waals surface area (Å²) in [7, 11) is 1.66. The van der Waals surface area contributed by atoms with Crippen molar-refractivity contribution in [1.29, 1.82) is 0 Å². The highest BCUT2D eigenvalue weighted by Gasteiger charge is 2.04.